The number of benzene rings is 2. The molecule has 0 spiro atoms. The summed E-state index contributed by atoms with van der Waals surface area (Å²) in [6, 6.07) is 7.66. The summed E-state index contributed by atoms with van der Waals surface area (Å²) in [5.74, 6) is -3.08. The molecular weight excluding hydrogens is 348 g/mol. The summed E-state index contributed by atoms with van der Waals surface area (Å²) in [4.78, 5) is 11.0. The fraction of sp³-hybridized carbons (Fsp3) is 0.211. The molecule has 0 atom stereocenters. The Labute approximate surface area is 148 Å². The highest BCUT2D eigenvalue weighted by Crippen LogP contribution is 2.34. The fourth-order valence-electron chi connectivity index (χ4n) is 3.00. The summed E-state index contributed by atoms with van der Waals surface area (Å²) >= 11 is 6.16. The van der Waals surface area contributed by atoms with Gasteiger partial charge in [-0.2, -0.15) is 0 Å². The molecule has 0 saturated carbocycles. The number of carbonyl (C=O) groups is 1. The van der Waals surface area contributed by atoms with Crippen molar-refractivity contribution in [2.24, 2.45) is 0 Å². The number of aromatic nitrogens is 1. The van der Waals surface area contributed by atoms with Crippen LogP contribution in [-0.2, 0) is 12.5 Å². The standard InChI is InChI=1S/C19H16ClF2NO2/c1-11-7-14(19(2,21)22)8-12-5-6-23(17(11)12)9-15-16(20)4-3-13(10-24)18(15)25/h3-8,10,25H,9H2,1-2H3. The highest BCUT2D eigenvalue weighted by Gasteiger charge is 2.25. The zero-order valence-electron chi connectivity index (χ0n) is 13.7. The molecule has 3 aromatic rings. The molecule has 0 unspecified atom stereocenters. The van der Waals surface area contributed by atoms with Crippen LogP contribution in [0.15, 0.2) is 36.5 Å². The lowest BCUT2D eigenvalue weighted by Gasteiger charge is -2.15. The van der Waals surface area contributed by atoms with Crippen LogP contribution in [0.25, 0.3) is 10.9 Å². The van der Waals surface area contributed by atoms with E-state index in [1.165, 1.54) is 18.2 Å². The van der Waals surface area contributed by atoms with Crippen LogP contribution in [0.2, 0.25) is 5.02 Å². The molecule has 1 heterocycles. The van der Waals surface area contributed by atoms with Crippen molar-refractivity contribution in [1.29, 1.82) is 0 Å². The van der Waals surface area contributed by atoms with E-state index in [-0.39, 0.29) is 23.4 Å². The van der Waals surface area contributed by atoms with Crippen LogP contribution >= 0.6 is 11.6 Å². The van der Waals surface area contributed by atoms with E-state index in [0.29, 0.717) is 27.8 Å². The number of hydrogen-bond donors (Lipinski definition) is 1. The molecule has 1 aromatic heterocycles. The maximum Gasteiger partial charge on any atom is 0.270 e. The molecule has 130 valence electrons. The molecule has 2 aromatic carbocycles. The number of hydrogen-bond acceptors (Lipinski definition) is 2. The summed E-state index contributed by atoms with van der Waals surface area (Å²) in [7, 11) is 0. The van der Waals surface area contributed by atoms with Crippen molar-refractivity contribution in [2.45, 2.75) is 26.3 Å². The second-order valence-electron chi connectivity index (χ2n) is 6.14. The third-order valence-electron chi connectivity index (χ3n) is 4.27. The van der Waals surface area contributed by atoms with Gasteiger partial charge in [0.25, 0.3) is 5.92 Å². The molecule has 0 saturated heterocycles. The number of rotatable bonds is 4. The largest absolute Gasteiger partial charge is 0.507 e. The van der Waals surface area contributed by atoms with Gasteiger partial charge in [-0.05, 0) is 42.8 Å². The summed E-state index contributed by atoms with van der Waals surface area (Å²) in [6.07, 6.45) is 2.31. The maximum absolute atomic E-state index is 13.6. The van der Waals surface area contributed by atoms with Gasteiger partial charge in [0.2, 0.25) is 0 Å². The first-order valence-electron chi connectivity index (χ1n) is 7.65. The Hall–Kier alpha value is -2.40. The topological polar surface area (TPSA) is 42.2 Å². The Bertz CT molecular complexity index is 974. The average molecular weight is 364 g/mol. The van der Waals surface area contributed by atoms with Crippen molar-refractivity contribution in [3.63, 3.8) is 0 Å². The van der Waals surface area contributed by atoms with Crippen molar-refractivity contribution in [3.8, 4) is 5.75 Å². The van der Waals surface area contributed by atoms with Crippen LogP contribution < -0.4 is 0 Å². The number of phenolic OH excluding ortho intramolecular Hbond substituents is 1. The predicted molar refractivity (Wildman–Crippen MR) is 93.8 cm³/mol. The zero-order chi connectivity index (χ0) is 18.4. The molecule has 0 radical (unpaired) electrons. The van der Waals surface area contributed by atoms with E-state index in [1.807, 2.05) is 4.57 Å². The highest BCUT2D eigenvalue weighted by molar-refractivity contribution is 6.31. The molecule has 0 aliphatic carbocycles. The zero-order valence-corrected chi connectivity index (χ0v) is 14.4. The molecule has 0 aliphatic rings. The van der Waals surface area contributed by atoms with Crippen molar-refractivity contribution < 1.29 is 18.7 Å². The third-order valence-corrected chi connectivity index (χ3v) is 4.62. The lowest BCUT2D eigenvalue weighted by Crippen LogP contribution is -2.08. The highest BCUT2D eigenvalue weighted by atomic mass is 35.5. The molecule has 3 rings (SSSR count). The first-order chi connectivity index (χ1) is 11.7. The van der Waals surface area contributed by atoms with E-state index >= 15 is 0 Å². The summed E-state index contributed by atoms with van der Waals surface area (Å²) in [5, 5.41) is 11.2. The molecule has 25 heavy (non-hydrogen) atoms. The van der Waals surface area contributed by atoms with Gasteiger partial charge in [-0.1, -0.05) is 11.6 Å². The second kappa shape index (κ2) is 6.15. The van der Waals surface area contributed by atoms with Gasteiger partial charge in [-0.25, -0.2) is 8.78 Å². The summed E-state index contributed by atoms with van der Waals surface area (Å²) in [5.41, 5.74) is 1.99. The number of phenols is 1. The number of aryl methyl sites for hydroxylation is 1. The van der Waals surface area contributed by atoms with Crippen molar-refractivity contribution in [3.05, 3.63) is 63.8 Å². The lowest BCUT2D eigenvalue weighted by molar-refractivity contribution is 0.0175. The van der Waals surface area contributed by atoms with Crippen molar-refractivity contribution in [1.82, 2.24) is 4.57 Å². The molecule has 6 heteroatoms. The van der Waals surface area contributed by atoms with Crippen molar-refractivity contribution in [2.75, 3.05) is 0 Å². The van der Waals surface area contributed by atoms with Gasteiger partial charge in [0.1, 0.15) is 5.75 Å². The Kier molecular flexibility index (Phi) is 4.29. The van der Waals surface area contributed by atoms with Gasteiger partial charge in [-0.3, -0.25) is 4.79 Å². The lowest BCUT2D eigenvalue weighted by atomic mass is 10.0. The number of fused-ring (bicyclic) bond motifs is 1. The first-order valence-corrected chi connectivity index (χ1v) is 8.03. The number of aldehydes is 1. The Morgan fingerprint density at radius 2 is 2.00 bits per heavy atom. The quantitative estimate of drug-likeness (QED) is 0.641. The minimum absolute atomic E-state index is 0.0425. The number of halogens is 3. The number of alkyl halides is 2. The van der Waals surface area contributed by atoms with Gasteiger partial charge in [-0.15, -0.1) is 0 Å². The van der Waals surface area contributed by atoms with E-state index in [9.17, 15) is 18.7 Å². The average Bonchev–Trinajstić information content (AvgIpc) is 2.94. The van der Waals surface area contributed by atoms with E-state index in [2.05, 4.69) is 0 Å². The van der Waals surface area contributed by atoms with Gasteiger partial charge in [0, 0.05) is 34.7 Å². The van der Waals surface area contributed by atoms with Crippen LogP contribution in [0.1, 0.15) is 34.0 Å². The van der Waals surface area contributed by atoms with Gasteiger partial charge in [0.05, 0.1) is 17.6 Å². The van der Waals surface area contributed by atoms with Crippen LogP contribution in [0, 0.1) is 6.92 Å². The molecule has 0 aliphatic heterocycles. The van der Waals surface area contributed by atoms with Gasteiger partial charge >= 0.3 is 0 Å². The monoisotopic (exact) mass is 363 g/mol. The normalized spacial score (nSPS) is 11.9. The van der Waals surface area contributed by atoms with Crippen LogP contribution in [0.5, 0.6) is 5.75 Å². The molecule has 0 amide bonds. The predicted octanol–water partition coefficient (Wildman–Crippen LogP) is 5.28. The number of nitrogens with zero attached hydrogens (tertiary/aromatic N) is 1. The van der Waals surface area contributed by atoms with Crippen LogP contribution in [-0.4, -0.2) is 16.0 Å². The fourth-order valence-corrected chi connectivity index (χ4v) is 3.21. The van der Waals surface area contributed by atoms with E-state index in [4.69, 9.17) is 11.6 Å². The molecular formula is C19H16ClF2NO2. The first kappa shape index (κ1) is 17.4. The van der Waals surface area contributed by atoms with Gasteiger partial charge in [0.15, 0.2) is 6.29 Å². The van der Waals surface area contributed by atoms with Crippen LogP contribution in [0.3, 0.4) is 0 Å². The SMILES string of the molecule is Cc1cc(C(C)(F)F)cc2ccn(Cc3c(Cl)ccc(C=O)c3O)c12. The van der Waals surface area contributed by atoms with E-state index in [1.54, 1.807) is 25.3 Å². The third kappa shape index (κ3) is 3.12. The van der Waals surface area contributed by atoms with E-state index < -0.39 is 5.92 Å². The smallest absolute Gasteiger partial charge is 0.270 e. The summed E-state index contributed by atoms with van der Waals surface area (Å²) in [6.45, 7) is 2.85. The number of carbonyl (C=O) groups excluding carboxylic acids is 1. The minimum atomic E-state index is -2.92. The molecule has 3 nitrogen and oxygen atoms in total. The Morgan fingerprint density at radius 3 is 2.64 bits per heavy atom. The van der Waals surface area contributed by atoms with E-state index in [0.717, 1.165) is 12.4 Å². The Balaban J connectivity index is 2.12. The molecule has 1 N–H and O–H groups in total. The Morgan fingerprint density at radius 1 is 1.28 bits per heavy atom. The maximum atomic E-state index is 13.6. The van der Waals surface area contributed by atoms with Crippen molar-refractivity contribution >= 4 is 28.8 Å². The second-order valence-corrected chi connectivity index (χ2v) is 6.55. The molecule has 0 fully saturated rings. The molecule has 0 bridgehead atoms. The summed E-state index contributed by atoms with van der Waals surface area (Å²) < 4.78 is 29.0. The van der Waals surface area contributed by atoms with Gasteiger partial charge < -0.3 is 9.67 Å². The minimum Gasteiger partial charge on any atom is -0.507 e. The van der Waals surface area contributed by atoms with Crippen LogP contribution in [0.4, 0.5) is 8.78 Å². The number of aromatic hydroxyl groups is 1.